The van der Waals surface area contributed by atoms with Crippen LogP contribution in [-0.2, 0) is 19.1 Å². The highest BCUT2D eigenvalue weighted by atomic mass is 28.3. The van der Waals surface area contributed by atoms with Gasteiger partial charge in [0.25, 0.3) is 17.7 Å². The van der Waals surface area contributed by atoms with E-state index in [4.69, 9.17) is 16.2 Å². The highest BCUT2D eigenvalue weighted by molar-refractivity contribution is 6.76. The molecule has 4 fully saturated rings. The van der Waals surface area contributed by atoms with Crippen LogP contribution in [0.5, 0.6) is 0 Å². The lowest BCUT2D eigenvalue weighted by molar-refractivity contribution is -0.146. The Hall–Kier alpha value is -2.93. The van der Waals surface area contributed by atoms with Crippen molar-refractivity contribution in [2.75, 3.05) is 19.9 Å². The molecule has 13 heteroatoms. The van der Waals surface area contributed by atoms with Crippen molar-refractivity contribution in [3.05, 3.63) is 11.4 Å². The van der Waals surface area contributed by atoms with Gasteiger partial charge in [-0.3, -0.25) is 24.2 Å². The molecule has 0 aromatic heterocycles. The van der Waals surface area contributed by atoms with Crippen molar-refractivity contribution in [1.82, 2.24) is 20.0 Å². The first-order chi connectivity index (χ1) is 18.2. The number of barbiturate groups is 1. The number of nitrogens with zero attached hydrogens (tertiary/aromatic N) is 3. The van der Waals surface area contributed by atoms with Crippen LogP contribution in [0.4, 0.5) is 9.59 Å². The average Bonchev–Trinajstić information content (AvgIpc) is 3.06. The lowest BCUT2D eigenvalue weighted by atomic mass is 9.51. The van der Waals surface area contributed by atoms with Gasteiger partial charge in [-0.25, -0.2) is 14.5 Å². The van der Waals surface area contributed by atoms with Crippen LogP contribution in [0.2, 0.25) is 25.7 Å². The summed E-state index contributed by atoms with van der Waals surface area (Å²) in [6.07, 6.45) is 4.86. The molecule has 39 heavy (non-hydrogen) atoms. The van der Waals surface area contributed by atoms with E-state index in [9.17, 15) is 24.0 Å². The molecule has 2 heterocycles. The van der Waals surface area contributed by atoms with Crippen molar-refractivity contribution in [3.8, 4) is 0 Å². The van der Waals surface area contributed by atoms with E-state index in [1.54, 1.807) is 0 Å². The molecular formula is C26H42N6O6Si. The third-order valence-corrected chi connectivity index (χ3v) is 10.3. The molecule has 0 radical (unpaired) electrons. The van der Waals surface area contributed by atoms with Gasteiger partial charge in [-0.05, 0) is 56.4 Å². The van der Waals surface area contributed by atoms with Crippen LogP contribution in [0, 0.1) is 5.41 Å². The second-order valence-electron chi connectivity index (χ2n) is 12.8. The maximum atomic E-state index is 13.2. The molecule has 2 aliphatic carbocycles. The van der Waals surface area contributed by atoms with Crippen molar-refractivity contribution in [2.24, 2.45) is 16.9 Å². The van der Waals surface area contributed by atoms with Crippen molar-refractivity contribution >= 4 is 37.9 Å². The summed E-state index contributed by atoms with van der Waals surface area (Å²) in [5, 5.41) is 2.90. The molecule has 0 aromatic rings. The van der Waals surface area contributed by atoms with Crippen molar-refractivity contribution < 1.29 is 28.7 Å². The molecule has 2 saturated carbocycles. The molecule has 4 aliphatic rings. The van der Waals surface area contributed by atoms with Crippen LogP contribution < -0.4 is 16.8 Å². The van der Waals surface area contributed by atoms with E-state index in [0.29, 0.717) is 51.6 Å². The van der Waals surface area contributed by atoms with E-state index < -0.39 is 43.5 Å². The monoisotopic (exact) mass is 562 g/mol. The first-order valence-corrected chi connectivity index (χ1v) is 17.6. The number of nitrogens with one attached hydrogen (secondary N) is 1. The zero-order chi connectivity index (χ0) is 28.8. The molecule has 5 N–H and O–H groups in total. The zero-order valence-corrected chi connectivity index (χ0v) is 24.5. The normalized spacial score (nSPS) is 29.5. The summed E-state index contributed by atoms with van der Waals surface area (Å²) in [5.41, 5.74) is 9.96. The largest absolute Gasteiger partial charge is 0.385 e. The predicted molar refractivity (Wildman–Crippen MR) is 145 cm³/mol. The van der Waals surface area contributed by atoms with Gasteiger partial charge in [0.15, 0.2) is 0 Å². The van der Waals surface area contributed by atoms with E-state index in [0.717, 1.165) is 22.3 Å². The third-order valence-electron chi connectivity index (χ3n) is 8.55. The fourth-order valence-electron chi connectivity index (χ4n) is 6.36. The number of ether oxygens (including phenoxy) is 1. The Morgan fingerprint density at radius 3 is 2.23 bits per heavy atom. The Balaban J connectivity index is 1.37. The molecule has 12 nitrogen and oxygen atoms in total. The molecule has 7 amide bonds. The third kappa shape index (κ3) is 5.43. The van der Waals surface area contributed by atoms with Gasteiger partial charge in [0.05, 0.1) is 0 Å². The molecule has 4 rings (SSSR count). The van der Waals surface area contributed by atoms with E-state index >= 15 is 0 Å². The number of rotatable bonds is 9. The highest BCUT2D eigenvalue weighted by Crippen LogP contribution is 2.58. The predicted octanol–water partition coefficient (Wildman–Crippen LogP) is 2.03. The number of urea groups is 2. The number of unbranched alkanes of at least 4 members (excludes halogenated alkanes) is 1. The minimum atomic E-state index is -1.28. The number of nitrogens with two attached hydrogens (primary N) is 2. The Morgan fingerprint density at radius 2 is 1.67 bits per heavy atom. The average molecular weight is 563 g/mol. The molecular weight excluding hydrogens is 520 g/mol. The van der Waals surface area contributed by atoms with E-state index in [1.165, 1.54) is 4.90 Å². The fourth-order valence-corrected chi connectivity index (χ4v) is 7.11. The van der Waals surface area contributed by atoms with Gasteiger partial charge < -0.3 is 21.5 Å². The van der Waals surface area contributed by atoms with Crippen LogP contribution in [0.25, 0.3) is 0 Å². The van der Waals surface area contributed by atoms with Gasteiger partial charge in [-0.1, -0.05) is 33.0 Å². The number of carbonyl (C=O) groups is 5. The fraction of sp³-hybridized carbons (Fsp3) is 0.731. The molecule has 2 saturated heterocycles. The van der Waals surface area contributed by atoms with Gasteiger partial charge in [0, 0.05) is 27.3 Å². The second-order valence-corrected chi connectivity index (χ2v) is 18.4. The van der Waals surface area contributed by atoms with E-state index in [-0.39, 0.29) is 36.0 Å². The van der Waals surface area contributed by atoms with Crippen LogP contribution in [0.15, 0.2) is 11.4 Å². The molecule has 0 aromatic carbocycles. The summed E-state index contributed by atoms with van der Waals surface area (Å²) in [4.78, 5) is 68.4. The smallest absolute Gasteiger partial charge is 0.334 e. The molecule has 2 spiro atoms. The number of amides is 7. The first kappa shape index (κ1) is 29.1. The maximum absolute atomic E-state index is 13.2. The Labute approximate surface area is 230 Å². The lowest BCUT2D eigenvalue weighted by Crippen LogP contribution is -2.65. The first-order valence-electron chi connectivity index (χ1n) is 13.9. The summed E-state index contributed by atoms with van der Waals surface area (Å²) in [6, 6.07) is -0.494. The number of carbonyl (C=O) groups excluding carboxylic acids is 5. The van der Waals surface area contributed by atoms with Crippen LogP contribution in [0.3, 0.4) is 0 Å². The zero-order valence-electron chi connectivity index (χ0n) is 23.5. The standard InChI is InChI=1S/C26H42N6O6Si/c1-5-6-11-30-20(33)18(19(27)28)21(34)32(24(30)37)17-7-9-25(10-8-17)14-26(15-25)22(35)31(23(36)29-26)16-38-12-13-39(2,3)4/h17H,5-16,27-28H2,1-4H3,(H,29,36). The Morgan fingerprint density at radius 1 is 1.03 bits per heavy atom. The van der Waals surface area contributed by atoms with Gasteiger partial charge in [-0.15, -0.1) is 0 Å². The summed E-state index contributed by atoms with van der Waals surface area (Å²) in [5.74, 6) is -2.12. The van der Waals surface area contributed by atoms with Crippen molar-refractivity contribution in [3.63, 3.8) is 0 Å². The van der Waals surface area contributed by atoms with Gasteiger partial charge in [0.2, 0.25) is 0 Å². The minimum Gasteiger partial charge on any atom is -0.385 e. The van der Waals surface area contributed by atoms with E-state index in [2.05, 4.69) is 25.0 Å². The van der Waals surface area contributed by atoms with E-state index in [1.807, 2.05) is 6.92 Å². The number of hydrogen-bond donors (Lipinski definition) is 3. The minimum absolute atomic E-state index is 0.0431. The molecule has 0 atom stereocenters. The summed E-state index contributed by atoms with van der Waals surface area (Å²) in [7, 11) is -1.28. The summed E-state index contributed by atoms with van der Waals surface area (Å²) in [6.45, 7) is 9.33. The SMILES string of the molecule is CCCCN1C(=O)C(=C(N)N)C(=O)N(C2CCC3(CC2)CC2(C3)NC(=O)N(COCC[Si](C)(C)C)C2=O)C1=O. The lowest BCUT2D eigenvalue weighted by Gasteiger charge is -2.56. The van der Waals surface area contributed by atoms with Gasteiger partial charge in [-0.2, -0.15) is 0 Å². The van der Waals surface area contributed by atoms with Crippen LogP contribution in [0.1, 0.15) is 58.3 Å². The number of imide groups is 3. The van der Waals surface area contributed by atoms with Crippen LogP contribution in [-0.4, -0.2) is 84.0 Å². The number of hydrogen-bond acceptors (Lipinski definition) is 8. The molecule has 2 aliphatic heterocycles. The molecule has 0 unspecified atom stereocenters. The Bertz CT molecular complexity index is 1080. The maximum Gasteiger partial charge on any atom is 0.334 e. The summed E-state index contributed by atoms with van der Waals surface area (Å²) >= 11 is 0. The van der Waals surface area contributed by atoms with Crippen LogP contribution >= 0.6 is 0 Å². The van der Waals surface area contributed by atoms with Gasteiger partial charge >= 0.3 is 12.1 Å². The second kappa shape index (κ2) is 10.6. The topological polar surface area (TPSA) is 168 Å². The molecule has 216 valence electrons. The Kier molecular flexibility index (Phi) is 7.87. The quantitative estimate of drug-likeness (QED) is 0.126. The van der Waals surface area contributed by atoms with Crippen molar-refractivity contribution in [2.45, 2.75) is 95.6 Å². The van der Waals surface area contributed by atoms with Gasteiger partial charge in [0.1, 0.15) is 23.7 Å². The highest BCUT2D eigenvalue weighted by Gasteiger charge is 2.65. The van der Waals surface area contributed by atoms with Crippen molar-refractivity contribution in [1.29, 1.82) is 0 Å². The molecule has 0 bridgehead atoms. The summed E-state index contributed by atoms with van der Waals surface area (Å²) < 4.78 is 5.66.